The van der Waals surface area contributed by atoms with Gasteiger partial charge in [0, 0.05) is 0 Å². The maximum atomic E-state index is 4.22. The third kappa shape index (κ3) is 1.55. The third-order valence-electron chi connectivity index (χ3n) is 1.45. The van der Waals surface area contributed by atoms with Crippen molar-refractivity contribution in [2.75, 3.05) is 0 Å². The molecule has 0 spiro atoms. The molecule has 0 saturated heterocycles. The average molecular weight is 142 g/mol. The van der Waals surface area contributed by atoms with E-state index in [1.807, 2.05) is 18.0 Å². The molecule has 0 aromatic rings. The Morgan fingerprint density at radius 3 is 2.33 bits per heavy atom. The van der Waals surface area contributed by atoms with Crippen LogP contribution >= 0.6 is 11.8 Å². The van der Waals surface area contributed by atoms with Gasteiger partial charge in [-0.2, -0.15) is 0 Å². The van der Waals surface area contributed by atoms with Gasteiger partial charge in [0.15, 0.2) is 0 Å². The largest absolute Gasteiger partial charge is 0.256 e. The summed E-state index contributed by atoms with van der Waals surface area (Å²) >= 11 is 1.53. The summed E-state index contributed by atoms with van der Waals surface area (Å²) in [5.41, 5.74) is 3.53. The Hall–Kier alpha value is -0.310. The number of hydrogen-bond acceptors (Lipinski definition) is 3. The zero-order valence-corrected chi connectivity index (χ0v) is 6.48. The molecule has 0 amide bonds. The molecule has 0 radical (unpaired) electrons. The molecule has 0 aliphatic carbocycles. The van der Waals surface area contributed by atoms with Crippen LogP contribution in [-0.4, -0.2) is 16.8 Å². The molecular weight excluding hydrogens is 132 g/mol. The van der Waals surface area contributed by atoms with E-state index in [1.54, 1.807) is 0 Å². The van der Waals surface area contributed by atoms with Crippen molar-refractivity contribution in [2.45, 2.75) is 25.9 Å². The minimum Gasteiger partial charge on any atom is -0.256 e. The smallest absolute Gasteiger partial charge is 0.148 e. The summed E-state index contributed by atoms with van der Waals surface area (Å²) in [6, 6.07) is 0. The normalized spacial score (nSPS) is 22.4. The van der Waals surface area contributed by atoms with Gasteiger partial charge in [0.05, 0.1) is 11.1 Å². The second kappa shape index (κ2) is 2.52. The van der Waals surface area contributed by atoms with Gasteiger partial charge in [0.2, 0.25) is 0 Å². The summed E-state index contributed by atoms with van der Waals surface area (Å²) in [6.07, 6.45) is 0.973. The van der Waals surface area contributed by atoms with Crippen molar-refractivity contribution in [1.29, 1.82) is 0 Å². The fourth-order valence-electron chi connectivity index (χ4n) is 0.531. The minimum atomic E-state index is -0.161. The summed E-state index contributed by atoms with van der Waals surface area (Å²) in [4.78, 5) is 8.44. The Morgan fingerprint density at radius 2 is 2.00 bits per heavy atom. The Bertz CT molecular complexity index is 139. The Balaban J connectivity index is 2.67. The maximum Gasteiger partial charge on any atom is 0.148 e. The molecule has 1 heterocycles. The van der Waals surface area contributed by atoms with Crippen molar-refractivity contribution >= 4 is 22.9 Å². The van der Waals surface area contributed by atoms with Gasteiger partial charge in [0.25, 0.3) is 0 Å². The first kappa shape index (κ1) is 6.81. The van der Waals surface area contributed by atoms with E-state index in [4.69, 9.17) is 0 Å². The molecule has 1 rings (SSSR count). The predicted molar refractivity (Wildman–Crippen MR) is 43.3 cm³/mol. The van der Waals surface area contributed by atoms with Crippen molar-refractivity contribution in [3.8, 4) is 0 Å². The lowest BCUT2D eigenvalue weighted by Crippen LogP contribution is -2.18. The Morgan fingerprint density at radius 1 is 1.44 bits per heavy atom. The van der Waals surface area contributed by atoms with Gasteiger partial charge in [0.1, 0.15) is 5.66 Å². The van der Waals surface area contributed by atoms with E-state index < -0.39 is 0 Å². The quantitative estimate of drug-likeness (QED) is 0.549. The molecule has 0 saturated carbocycles. The Labute approximate surface area is 59.5 Å². The van der Waals surface area contributed by atoms with Crippen LogP contribution in [0.25, 0.3) is 0 Å². The monoisotopic (exact) mass is 142 g/mol. The van der Waals surface area contributed by atoms with Crippen molar-refractivity contribution in [3.05, 3.63) is 0 Å². The van der Waals surface area contributed by atoms with Gasteiger partial charge in [-0.1, -0.05) is 18.7 Å². The van der Waals surface area contributed by atoms with Crippen molar-refractivity contribution < 1.29 is 0 Å². The molecule has 0 atom stereocenters. The number of thioether (sulfide) groups is 1. The standard InChI is InChI=1S/C6H10N2S/c1-3-6(2)7-4-9-5-8-6/h4-5H,3H2,1-2H3. The van der Waals surface area contributed by atoms with E-state index in [0.717, 1.165) is 6.42 Å². The topological polar surface area (TPSA) is 24.7 Å². The van der Waals surface area contributed by atoms with E-state index in [-0.39, 0.29) is 5.66 Å². The van der Waals surface area contributed by atoms with E-state index in [1.165, 1.54) is 11.8 Å². The van der Waals surface area contributed by atoms with Gasteiger partial charge >= 0.3 is 0 Å². The summed E-state index contributed by atoms with van der Waals surface area (Å²) in [5, 5.41) is 0. The van der Waals surface area contributed by atoms with Crippen LogP contribution in [0.3, 0.4) is 0 Å². The second-order valence-corrected chi connectivity index (χ2v) is 2.87. The SMILES string of the molecule is CCC1(C)N=CSC=N1. The average Bonchev–Trinajstić information content (AvgIpc) is 1.90. The van der Waals surface area contributed by atoms with Crippen LogP contribution in [0.15, 0.2) is 9.98 Å². The van der Waals surface area contributed by atoms with Gasteiger partial charge in [-0.25, -0.2) is 0 Å². The van der Waals surface area contributed by atoms with Crippen LogP contribution in [0.1, 0.15) is 20.3 Å². The summed E-state index contributed by atoms with van der Waals surface area (Å²) < 4.78 is 0. The molecule has 1 aliphatic rings. The van der Waals surface area contributed by atoms with Crippen LogP contribution in [0.2, 0.25) is 0 Å². The Kier molecular flexibility index (Phi) is 1.90. The third-order valence-corrected chi connectivity index (χ3v) is 1.91. The number of aliphatic imine (C=N–C) groups is 2. The molecule has 9 heavy (non-hydrogen) atoms. The molecule has 0 unspecified atom stereocenters. The van der Waals surface area contributed by atoms with Gasteiger partial charge in [-0.15, -0.1) is 0 Å². The molecule has 1 aliphatic heterocycles. The van der Waals surface area contributed by atoms with Crippen LogP contribution in [0.4, 0.5) is 0 Å². The van der Waals surface area contributed by atoms with Crippen LogP contribution in [-0.2, 0) is 0 Å². The first-order valence-corrected chi connectivity index (χ1v) is 3.94. The molecule has 3 heteroatoms. The highest BCUT2D eigenvalue weighted by Gasteiger charge is 2.18. The summed E-state index contributed by atoms with van der Waals surface area (Å²) in [6.45, 7) is 4.12. The molecule has 0 aromatic carbocycles. The van der Waals surface area contributed by atoms with Crippen LogP contribution < -0.4 is 0 Å². The van der Waals surface area contributed by atoms with E-state index in [2.05, 4.69) is 16.9 Å². The van der Waals surface area contributed by atoms with Gasteiger partial charge < -0.3 is 0 Å². The first-order valence-electron chi connectivity index (χ1n) is 3.00. The highest BCUT2D eigenvalue weighted by Crippen LogP contribution is 2.20. The summed E-state index contributed by atoms with van der Waals surface area (Å²) in [7, 11) is 0. The van der Waals surface area contributed by atoms with Gasteiger partial charge in [-0.3, -0.25) is 9.98 Å². The zero-order chi connectivity index (χ0) is 6.74. The molecule has 50 valence electrons. The van der Waals surface area contributed by atoms with Crippen molar-refractivity contribution in [1.82, 2.24) is 0 Å². The molecule has 0 N–H and O–H groups in total. The summed E-state index contributed by atoms with van der Waals surface area (Å²) in [5.74, 6) is 0. The predicted octanol–water partition coefficient (Wildman–Crippen LogP) is 1.92. The number of rotatable bonds is 1. The van der Waals surface area contributed by atoms with E-state index in [9.17, 15) is 0 Å². The highest BCUT2D eigenvalue weighted by molar-refractivity contribution is 8.23. The van der Waals surface area contributed by atoms with Gasteiger partial charge in [-0.05, 0) is 13.3 Å². The van der Waals surface area contributed by atoms with Crippen LogP contribution in [0.5, 0.6) is 0 Å². The zero-order valence-electron chi connectivity index (χ0n) is 5.66. The minimum absolute atomic E-state index is 0.161. The van der Waals surface area contributed by atoms with E-state index >= 15 is 0 Å². The van der Waals surface area contributed by atoms with Crippen molar-refractivity contribution in [3.63, 3.8) is 0 Å². The lowest BCUT2D eigenvalue weighted by Gasteiger charge is -2.19. The van der Waals surface area contributed by atoms with Crippen LogP contribution in [0, 0.1) is 0 Å². The lowest BCUT2D eigenvalue weighted by molar-refractivity contribution is 0.485. The maximum absolute atomic E-state index is 4.22. The molecule has 0 bridgehead atoms. The first-order chi connectivity index (χ1) is 4.27. The molecule has 0 fully saturated rings. The van der Waals surface area contributed by atoms with Crippen molar-refractivity contribution in [2.24, 2.45) is 9.98 Å². The number of hydrogen-bond donors (Lipinski definition) is 0. The fraction of sp³-hybridized carbons (Fsp3) is 0.667. The molecule has 2 nitrogen and oxygen atoms in total. The molecular formula is C6H10N2S. The number of nitrogens with zero attached hydrogens (tertiary/aromatic N) is 2. The second-order valence-electron chi connectivity index (χ2n) is 2.18. The van der Waals surface area contributed by atoms with E-state index in [0.29, 0.717) is 0 Å². The highest BCUT2D eigenvalue weighted by atomic mass is 32.2. The lowest BCUT2D eigenvalue weighted by atomic mass is 10.2. The fourth-order valence-corrected chi connectivity index (χ4v) is 1.16. The molecule has 0 aromatic heterocycles.